The lowest BCUT2D eigenvalue weighted by molar-refractivity contribution is 0.181. The molecule has 2 rings (SSSR count). The molecule has 0 spiro atoms. The van der Waals surface area contributed by atoms with E-state index in [4.69, 9.17) is 22.1 Å². The largest absolute Gasteiger partial charge is 0.381 e. The Kier molecular flexibility index (Phi) is 3.06. The molecule has 0 unspecified atom stereocenters. The summed E-state index contributed by atoms with van der Waals surface area (Å²) in [7, 11) is 0. The lowest BCUT2D eigenvalue weighted by Crippen LogP contribution is -2.21. The molecule has 1 heterocycles. The summed E-state index contributed by atoms with van der Waals surface area (Å²) in [6.45, 7) is 1.62. The van der Waals surface area contributed by atoms with Crippen molar-refractivity contribution >= 4 is 11.6 Å². The predicted molar refractivity (Wildman–Crippen MR) is 57.3 cm³/mol. The fourth-order valence-corrected chi connectivity index (χ4v) is 1.92. The van der Waals surface area contributed by atoms with Crippen LogP contribution in [0.5, 0.6) is 0 Å². The molecule has 1 fully saturated rings. The number of benzene rings is 1. The van der Waals surface area contributed by atoms with E-state index in [1.54, 1.807) is 0 Å². The molecule has 14 heavy (non-hydrogen) atoms. The third-order valence-corrected chi connectivity index (χ3v) is 2.98. The molecular formula is C11H14ClNO. The van der Waals surface area contributed by atoms with Gasteiger partial charge in [-0.1, -0.05) is 23.7 Å². The molecule has 2 atom stereocenters. The van der Waals surface area contributed by atoms with Crippen molar-refractivity contribution in [1.82, 2.24) is 0 Å². The van der Waals surface area contributed by atoms with Gasteiger partial charge in [-0.25, -0.2) is 0 Å². The minimum atomic E-state index is 0.0785. The molecule has 1 aliphatic heterocycles. The minimum absolute atomic E-state index is 0.0785. The Morgan fingerprint density at radius 3 is 2.64 bits per heavy atom. The number of halogens is 1. The zero-order chi connectivity index (χ0) is 9.97. The van der Waals surface area contributed by atoms with E-state index in [0.29, 0.717) is 5.92 Å². The van der Waals surface area contributed by atoms with E-state index in [9.17, 15) is 0 Å². The van der Waals surface area contributed by atoms with Gasteiger partial charge < -0.3 is 10.5 Å². The van der Waals surface area contributed by atoms with Crippen LogP contribution in [0.25, 0.3) is 0 Å². The van der Waals surface area contributed by atoms with E-state index in [2.05, 4.69) is 0 Å². The van der Waals surface area contributed by atoms with E-state index in [-0.39, 0.29) is 6.04 Å². The predicted octanol–water partition coefficient (Wildman–Crippen LogP) is 2.38. The van der Waals surface area contributed by atoms with Crippen LogP contribution in [0.4, 0.5) is 0 Å². The van der Waals surface area contributed by atoms with Gasteiger partial charge in [0.15, 0.2) is 0 Å². The zero-order valence-electron chi connectivity index (χ0n) is 7.95. The topological polar surface area (TPSA) is 35.2 Å². The number of nitrogens with two attached hydrogens (primary N) is 1. The van der Waals surface area contributed by atoms with Crippen LogP contribution in [0.3, 0.4) is 0 Å². The number of ether oxygens (including phenoxy) is 1. The van der Waals surface area contributed by atoms with Crippen LogP contribution in [0.1, 0.15) is 18.0 Å². The molecule has 1 aromatic rings. The van der Waals surface area contributed by atoms with Crippen LogP contribution >= 0.6 is 11.6 Å². The second-order valence-corrected chi connectivity index (χ2v) is 4.14. The van der Waals surface area contributed by atoms with E-state index < -0.39 is 0 Å². The molecule has 0 aliphatic carbocycles. The van der Waals surface area contributed by atoms with Crippen molar-refractivity contribution in [1.29, 1.82) is 0 Å². The molecule has 0 amide bonds. The highest BCUT2D eigenvalue weighted by Crippen LogP contribution is 2.27. The first-order chi connectivity index (χ1) is 6.77. The van der Waals surface area contributed by atoms with Gasteiger partial charge in [0, 0.05) is 23.6 Å². The average molecular weight is 212 g/mol. The van der Waals surface area contributed by atoms with Gasteiger partial charge in [0.2, 0.25) is 0 Å². The molecule has 76 valence electrons. The third kappa shape index (κ3) is 2.08. The van der Waals surface area contributed by atoms with E-state index in [0.717, 1.165) is 30.2 Å². The molecule has 0 radical (unpaired) electrons. The van der Waals surface area contributed by atoms with Gasteiger partial charge in [-0.3, -0.25) is 0 Å². The van der Waals surface area contributed by atoms with Gasteiger partial charge in [0.05, 0.1) is 6.61 Å². The van der Waals surface area contributed by atoms with Crippen molar-refractivity contribution in [2.24, 2.45) is 11.7 Å². The lowest BCUT2D eigenvalue weighted by Gasteiger charge is -2.17. The zero-order valence-corrected chi connectivity index (χ0v) is 8.70. The summed E-state index contributed by atoms with van der Waals surface area (Å²) in [4.78, 5) is 0. The number of hydrogen-bond acceptors (Lipinski definition) is 2. The summed E-state index contributed by atoms with van der Waals surface area (Å²) >= 11 is 5.81. The Hall–Kier alpha value is -0.570. The van der Waals surface area contributed by atoms with E-state index in [1.165, 1.54) is 0 Å². The fraction of sp³-hybridized carbons (Fsp3) is 0.455. The highest BCUT2D eigenvalue weighted by atomic mass is 35.5. The Morgan fingerprint density at radius 1 is 1.36 bits per heavy atom. The molecule has 3 heteroatoms. The second-order valence-electron chi connectivity index (χ2n) is 3.70. The maximum atomic E-state index is 6.13. The number of rotatable bonds is 2. The Labute approximate surface area is 89.0 Å². The summed E-state index contributed by atoms with van der Waals surface area (Å²) in [6, 6.07) is 7.82. The van der Waals surface area contributed by atoms with Gasteiger partial charge in [-0.05, 0) is 24.1 Å². The monoisotopic (exact) mass is 211 g/mol. The van der Waals surface area contributed by atoms with Gasteiger partial charge in [0.1, 0.15) is 0 Å². The van der Waals surface area contributed by atoms with Crippen molar-refractivity contribution in [3.05, 3.63) is 34.9 Å². The SMILES string of the molecule is N[C@H](c1ccc(Cl)cc1)[C@@H]1CCOC1. The molecule has 0 saturated carbocycles. The number of hydrogen-bond donors (Lipinski definition) is 1. The minimum Gasteiger partial charge on any atom is -0.381 e. The molecule has 1 aliphatic rings. The van der Waals surface area contributed by atoms with Crippen LogP contribution in [0.15, 0.2) is 24.3 Å². The molecule has 2 N–H and O–H groups in total. The molecule has 2 nitrogen and oxygen atoms in total. The Morgan fingerprint density at radius 2 is 2.07 bits per heavy atom. The van der Waals surface area contributed by atoms with Gasteiger partial charge in [-0.15, -0.1) is 0 Å². The molecule has 0 aromatic heterocycles. The van der Waals surface area contributed by atoms with Gasteiger partial charge >= 0.3 is 0 Å². The Balaban J connectivity index is 2.09. The smallest absolute Gasteiger partial charge is 0.0513 e. The molecular weight excluding hydrogens is 198 g/mol. The highest BCUT2D eigenvalue weighted by Gasteiger charge is 2.23. The van der Waals surface area contributed by atoms with Crippen LogP contribution in [-0.4, -0.2) is 13.2 Å². The summed E-state index contributed by atoms with van der Waals surface area (Å²) < 4.78 is 5.32. The maximum absolute atomic E-state index is 6.13. The normalized spacial score (nSPS) is 23.7. The summed E-state index contributed by atoms with van der Waals surface area (Å²) in [5.74, 6) is 0.455. The van der Waals surface area contributed by atoms with Gasteiger partial charge in [0.25, 0.3) is 0 Å². The van der Waals surface area contributed by atoms with E-state index in [1.807, 2.05) is 24.3 Å². The average Bonchev–Trinajstić information content (AvgIpc) is 2.71. The molecule has 1 aromatic carbocycles. The third-order valence-electron chi connectivity index (χ3n) is 2.73. The first kappa shape index (κ1) is 9.97. The molecule has 0 bridgehead atoms. The first-order valence-corrected chi connectivity index (χ1v) is 5.24. The maximum Gasteiger partial charge on any atom is 0.0513 e. The van der Waals surface area contributed by atoms with Crippen molar-refractivity contribution in [2.75, 3.05) is 13.2 Å². The summed E-state index contributed by atoms with van der Waals surface area (Å²) in [5.41, 5.74) is 7.27. The van der Waals surface area contributed by atoms with Crippen LogP contribution in [0, 0.1) is 5.92 Å². The van der Waals surface area contributed by atoms with Crippen molar-refractivity contribution in [3.63, 3.8) is 0 Å². The van der Waals surface area contributed by atoms with Crippen molar-refractivity contribution in [3.8, 4) is 0 Å². The van der Waals surface area contributed by atoms with Crippen LogP contribution in [0.2, 0.25) is 5.02 Å². The first-order valence-electron chi connectivity index (χ1n) is 4.86. The summed E-state index contributed by atoms with van der Waals surface area (Å²) in [5, 5.41) is 0.753. The van der Waals surface area contributed by atoms with Crippen molar-refractivity contribution in [2.45, 2.75) is 12.5 Å². The quantitative estimate of drug-likeness (QED) is 0.815. The van der Waals surface area contributed by atoms with Crippen LogP contribution < -0.4 is 5.73 Å². The van der Waals surface area contributed by atoms with Crippen molar-refractivity contribution < 1.29 is 4.74 Å². The second kappa shape index (κ2) is 4.30. The van der Waals surface area contributed by atoms with Gasteiger partial charge in [-0.2, -0.15) is 0 Å². The van der Waals surface area contributed by atoms with Crippen LogP contribution in [-0.2, 0) is 4.74 Å². The van der Waals surface area contributed by atoms with E-state index >= 15 is 0 Å². The lowest BCUT2D eigenvalue weighted by atomic mass is 9.93. The fourth-order valence-electron chi connectivity index (χ4n) is 1.79. The Bertz CT molecular complexity index is 293. The highest BCUT2D eigenvalue weighted by molar-refractivity contribution is 6.30. The summed E-state index contributed by atoms with van der Waals surface area (Å²) in [6.07, 6.45) is 1.06. The standard InChI is InChI=1S/C11H14ClNO/c12-10-3-1-8(2-4-10)11(13)9-5-6-14-7-9/h1-4,9,11H,5-7,13H2/t9-,11-/m1/s1. The molecule has 1 saturated heterocycles.